The summed E-state index contributed by atoms with van der Waals surface area (Å²) in [5.41, 5.74) is 1.05. The van der Waals surface area contributed by atoms with Crippen molar-refractivity contribution in [3.05, 3.63) is 53.6 Å². The normalized spacial score (nSPS) is 35.4. The van der Waals surface area contributed by atoms with Crippen LogP contribution in [0.3, 0.4) is 0 Å². The fraction of sp³-hybridized carbons (Fsp3) is 0.583. The Kier molecular flexibility index (Phi) is 14.7. The van der Waals surface area contributed by atoms with E-state index >= 15 is 0 Å². The SMILES string of the molecule is COc1ccc(CCO[C@@H]2O[C@H](CO)[C@@H](OC(=O)/C=C/c3ccc(O)c(OC)c3)[C@H](O[C@@H]3O[C@@H](C)[C@H](O)[C@@H](O)[C@H]3O)[C@H]2O[C@@H]2OC[C@H](O)[C@H](O)[C@H]2O)cc1O. The van der Waals surface area contributed by atoms with Crippen molar-refractivity contribution in [3.63, 3.8) is 0 Å². The third-order valence-corrected chi connectivity index (χ3v) is 9.40. The van der Waals surface area contributed by atoms with Gasteiger partial charge in [-0.25, -0.2) is 4.79 Å². The van der Waals surface area contributed by atoms with E-state index in [9.17, 15) is 50.8 Å². The van der Waals surface area contributed by atoms with Gasteiger partial charge < -0.3 is 88.6 Å². The molecule has 3 aliphatic rings. The highest BCUT2D eigenvalue weighted by molar-refractivity contribution is 5.87. The van der Waals surface area contributed by atoms with E-state index in [1.807, 2.05) is 0 Å². The number of aliphatic hydroxyl groups is 7. The molecule has 2 aromatic rings. The zero-order valence-corrected chi connectivity index (χ0v) is 30.1. The second-order valence-electron chi connectivity index (χ2n) is 13.2. The van der Waals surface area contributed by atoms with E-state index in [1.54, 1.807) is 12.1 Å². The lowest BCUT2D eigenvalue weighted by atomic mass is 9.96. The van der Waals surface area contributed by atoms with Gasteiger partial charge in [-0.15, -0.1) is 0 Å². The van der Waals surface area contributed by atoms with Gasteiger partial charge in [-0.3, -0.25) is 0 Å². The maximum Gasteiger partial charge on any atom is 0.331 e. The first-order valence-electron chi connectivity index (χ1n) is 17.4. The molecule has 0 spiro atoms. The van der Waals surface area contributed by atoms with Crippen LogP contribution in [0.15, 0.2) is 42.5 Å². The van der Waals surface area contributed by atoms with Crippen molar-refractivity contribution in [3.8, 4) is 23.0 Å². The monoisotopic (exact) mass is 784 g/mol. The Labute approximate surface area is 315 Å². The number of methoxy groups -OCH3 is 2. The second-order valence-corrected chi connectivity index (χ2v) is 13.2. The molecule has 0 unspecified atom stereocenters. The molecule has 3 heterocycles. The highest BCUT2D eigenvalue weighted by Crippen LogP contribution is 2.35. The zero-order valence-electron chi connectivity index (χ0n) is 30.1. The molecule has 0 radical (unpaired) electrons. The molecular formula is C36H48O19. The van der Waals surface area contributed by atoms with E-state index in [4.69, 9.17) is 42.6 Å². The van der Waals surface area contributed by atoms with Gasteiger partial charge in [0.15, 0.2) is 48.0 Å². The predicted molar refractivity (Wildman–Crippen MR) is 183 cm³/mol. The number of carbonyl (C=O) groups is 1. The summed E-state index contributed by atoms with van der Waals surface area (Å²) in [5.74, 6) is -0.867. The molecular weight excluding hydrogens is 736 g/mol. The van der Waals surface area contributed by atoms with E-state index in [0.717, 1.165) is 6.08 Å². The van der Waals surface area contributed by atoms with Gasteiger partial charge in [0, 0.05) is 6.08 Å². The topological polar surface area (TPSA) is 282 Å². The van der Waals surface area contributed by atoms with Crippen LogP contribution in [0.2, 0.25) is 0 Å². The summed E-state index contributed by atoms with van der Waals surface area (Å²) < 4.78 is 51.6. The Morgan fingerprint density at radius 2 is 1.49 bits per heavy atom. The van der Waals surface area contributed by atoms with Gasteiger partial charge in [0.1, 0.15) is 54.9 Å². The quantitative estimate of drug-likeness (QED) is 0.0744. The first kappa shape index (κ1) is 42.5. The largest absolute Gasteiger partial charge is 0.504 e. The lowest BCUT2D eigenvalue weighted by molar-refractivity contribution is -0.385. The smallest absolute Gasteiger partial charge is 0.331 e. The van der Waals surface area contributed by atoms with Crippen molar-refractivity contribution < 1.29 is 93.4 Å². The summed E-state index contributed by atoms with van der Waals surface area (Å²) in [6.45, 7) is 0.0251. The van der Waals surface area contributed by atoms with Crippen molar-refractivity contribution in [2.24, 2.45) is 0 Å². The lowest BCUT2D eigenvalue weighted by Crippen LogP contribution is -2.67. The molecule has 0 saturated carbocycles. The number of rotatable bonds is 14. The summed E-state index contributed by atoms with van der Waals surface area (Å²) in [6, 6.07) is 8.99. The van der Waals surface area contributed by atoms with Crippen LogP contribution in [-0.2, 0) is 44.4 Å². The van der Waals surface area contributed by atoms with Gasteiger partial charge >= 0.3 is 5.97 Å². The molecule has 2 aromatic carbocycles. The summed E-state index contributed by atoms with van der Waals surface area (Å²) in [4.78, 5) is 13.4. The van der Waals surface area contributed by atoms with Crippen LogP contribution < -0.4 is 9.47 Å². The second kappa shape index (κ2) is 19.0. The van der Waals surface area contributed by atoms with Gasteiger partial charge in [0.2, 0.25) is 0 Å². The molecule has 5 rings (SSSR count). The van der Waals surface area contributed by atoms with Crippen LogP contribution in [0.5, 0.6) is 23.0 Å². The molecule has 14 atom stereocenters. The third-order valence-electron chi connectivity index (χ3n) is 9.40. The Balaban J connectivity index is 1.47. The molecule has 3 fully saturated rings. The van der Waals surface area contributed by atoms with Crippen molar-refractivity contribution >= 4 is 12.0 Å². The fourth-order valence-electron chi connectivity index (χ4n) is 6.26. The number of aliphatic hydroxyl groups excluding tert-OH is 7. The summed E-state index contributed by atoms with van der Waals surface area (Å²) in [6.07, 6.45) is -19.8. The average molecular weight is 785 g/mol. The lowest BCUT2D eigenvalue weighted by Gasteiger charge is -2.49. The summed E-state index contributed by atoms with van der Waals surface area (Å²) >= 11 is 0. The maximum absolute atomic E-state index is 13.4. The highest BCUT2D eigenvalue weighted by Gasteiger charge is 2.55. The Morgan fingerprint density at radius 3 is 2.18 bits per heavy atom. The van der Waals surface area contributed by atoms with Crippen LogP contribution in [-0.4, -0.2) is 172 Å². The number of phenols is 2. The minimum atomic E-state index is -1.86. The summed E-state index contributed by atoms with van der Waals surface area (Å²) in [5, 5.41) is 93.8. The Hall–Kier alpha value is -3.67. The molecule has 19 nitrogen and oxygen atoms in total. The number of aromatic hydroxyl groups is 2. The molecule has 0 aromatic heterocycles. The molecule has 9 N–H and O–H groups in total. The number of esters is 1. The van der Waals surface area contributed by atoms with E-state index in [1.165, 1.54) is 51.5 Å². The van der Waals surface area contributed by atoms with Gasteiger partial charge in [0.25, 0.3) is 0 Å². The standard InChI is InChI=1S/C36H48O19/c1-16-26(42)28(44)30(46)35(51-16)54-32-31(53-25(41)9-6-17-4-7-19(38)23(13-17)48-3)24(14-37)52-36(33(32)55-34-29(45)27(43)21(40)15-50-34)49-11-10-18-5-8-22(47-2)20(39)12-18/h4-9,12-13,16,21,24,26-40,42-46H,10-11,14-15H2,1-3H3/b9-6+/t16-,21-,24+,26-,27-,28+,29+,30+,31+,32-,33+,34-,35-,36+/m0/s1. The minimum Gasteiger partial charge on any atom is -0.504 e. The highest BCUT2D eigenvalue weighted by atomic mass is 16.8. The van der Waals surface area contributed by atoms with Crippen molar-refractivity contribution in [2.45, 2.75) is 99.4 Å². The number of hydrogen-bond donors (Lipinski definition) is 9. The van der Waals surface area contributed by atoms with Crippen molar-refractivity contribution in [2.75, 3.05) is 34.0 Å². The van der Waals surface area contributed by atoms with Crippen molar-refractivity contribution in [1.82, 2.24) is 0 Å². The molecule has 3 saturated heterocycles. The number of benzene rings is 2. The van der Waals surface area contributed by atoms with Crippen LogP contribution in [0, 0.1) is 0 Å². The first-order chi connectivity index (χ1) is 26.3. The third kappa shape index (κ3) is 10.0. The molecule has 19 heteroatoms. The fourth-order valence-corrected chi connectivity index (χ4v) is 6.26. The van der Waals surface area contributed by atoms with E-state index in [0.29, 0.717) is 11.1 Å². The van der Waals surface area contributed by atoms with Gasteiger partial charge in [-0.2, -0.15) is 0 Å². The Bertz CT molecular complexity index is 1590. The van der Waals surface area contributed by atoms with Crippen molar-refractivity contribution in [1.29, 1.82) is 0 Å². The van der Waals surface area contributed by atoms with Crippen LogP contribution in [0.4, 0.5) is 0 Å². The number of hydrogen-bond acceptors (Lipinski definition) is 19. The number of ether oxygens (including phenoxy) is 9. The molecule has 55 heavy (non-hydrogen) atoms. The number of phenolic OH excluding ortho intramolecular Hbond substituents is 2. The molecule has 0 aliphatic carbocycles. The first-order valence-corrected chi connectivity index (χ1v) is 17.4. The molecule has 0 bridgehead atoms. The van der Waals surface area contributed by atoms with Gasteiger partial charge in [-0.1, -0.05) is 12.1 Å². The Morgan fingerprint density at radius 1 is 0.782 bits per heavy atom. The van der Waals surface area contributed by atoms with Crippen LogP contribution in [0.25, 0.3) is 6.08 Å². The molecule has 0 amide bonds. The average Bonchev–Trinajstić information content (AvgIpc) is 3.17. The zero-order chi connectivity index (χ0) is 40.0. The van der Waals surface area contributed by atoms with Crippen LogP contribution in [0.1, 0.15) is 18.1 Å². The number of carbonyl (C=O) groups excluding carboxylic acids is 1. The molecule has 3 aliphatic heterocycles. The van der Waals surface area contributed by atoms with E-state index < -0.39 is 105 Å². The predicted octanol–water partition coefficient (Wildman–Crippen LogP) is -1.95. The summed E-state index contributed by atoms with van der Waals surface area (Å²) in [7, 11) is 2.75. The van der Waals surface area contributed by atoms with Gasteiger partial charge in [0.05, 0.1) is 40.1 Å². The van der Waals surface area contributed by atoms with E-state index in [-0.39, 0.29) is 36.0 Å². The molecule has 306 valence electrons. The minimum absolute atomic E-state index is 0.121. The van der Waals surface area contributed by atoms with Crippen LogP contribution >= 0.6 is 0 Å². The van der Waals surface area contributed by atoms with E-state index in [2.05, 4.69) is 0 Å². The van der Waals surface area contributed by atoms with Gasteiger partial charge in [-0.05, 0) is 54.8 Å². The maximum atomic E-state index is 13.4.